The molecule has 0 aliphatic rings. The molecule has 3 rings (SSSR count). The topological polar surface area (TPSA) is 143 Å². The molecule has 0 saturated heterocycles. The van der Waals surface area contributed by atoms with Crippen LogP contribution in [0.1, 0.15) is 11.4 Å². The van der Waals surface area contributed by atoms with Crippen molar-refractivity contribution < 1.29 is 9.66 Å². The number of nitro benzene ring substituents is 1. The molecule has 10 nitrogen and oxygen atoms in total. The molecule has 2 N–H and O–H groups in total. The summed E-state index contributed by atoms with van der Waals surface area (Å²) in [6.45, 7) is 1.82. The number of nitriles is 1. The number of rotatable bonds is 6. The first-order valence-corrected chi connectivity index (χ1v) is 8.18. The highest BCUT2D eigenvalue weighted by Crippen LogP contribution is 2.31. The zero-order valence-corrected chi connectivity index (χ0v) is 15.1. The van der Waals surface area contributed by atoms with Gasteiger partial charge in [0.25, 0.3) is 5.69 Å². The zero-order valence-electron chi connectivity index (χ0n) is 14.4. The first-order valence-electron chi connectivity index (χ1n) is 7.80. The number of non-ortho nitro benzene ring substituents is 1. The van der Waals surface area contributed by atoms with E-state index < -0.39 is 4.92 Å². The van der Waals surface area contributed by atoms with Crippen LogP contribution >= 0.6 is 11.6 Å². The third-order valence-corrected chi connectivity index (χ3v) is 3.98. The minimum atomic E-state index is -0.542. The maximum atomic E-state index is 11.2. The van der Waals surface area contributed by atoms with E-state index in [2.05, 4.69) is 25.9 Å². The van der Waals surface area contributed by atoms with Crippen molar-refractivity contribution in [2.24, 2.45) is 0 Å². The highest BCUT2D eigenvalue weighted by molar-refractivity contribution is 6.31. The molecule has 0 spiro atoms. The van der Waals surface area contributed by atoms with Crippen molar-refractivity contribution in [1.82, 2.24) is 20.6 Å². The number of anilines is 1. The number of aryl methyl sites for hydroxylation is 1. The molecular formula is C17H12ClN7O3. The Balaban J connectivity index is 1.90. The minimum absolute atomic E-state index is 0.0912. The molecule has 28 heavy (non-hydrogen) atoms. The Morgan fingerprint density at radius 1 is 1.36 bits per heavy atom. The number of aromatic nitrogens is 4. The lowest BCUT2D eigenvalue weighted by molar-refractivity contribution is -0.384. The van der Waals surface area contributed by atoms with Crippen LogP contribution < -0.4 is 10.1 Å². The van der Waals surface area contributed by atoms with E-state index in [0.717, 1.165) is 5.56 Å². The van der Waals surface area contributed by atoms with Gasteiger partial charge in [0.05, 0.1) is 11.0 Å². The molecule has 0 unspecified atom stereocenters. The summed E-state index contributed by atoms with van der Waals surface area (Å²) < 4.78 is 5.72. The number of H-pyrrole nitrogens is 1. The summed E-state index contributed by atoms with van der Waals surface area (Å²) in [6, 6.07) is 11.1. The highest BCUT2D eigenvalue weighted by atomic mass is 35.5. The predicted octanol–water partition coefficient (Wildman–Crippen LogP) is 3.84. The van der Waals surface area contributed by atoms with Crippen LogP contribution in [0.4, 0.5) is 11.4 Å². The summed E-state index contributed by atoms with van der Waals surface area (Å²) in [5, 5.41) is 36.9. The molecule has 2 aromatic carbocycles. The van der Waals surface area contributed by atoms with Gasteiger partial charge < -0.3 is 10.1 Å². The lowest BCUT2D eigenvalue weighted by Gasteiger charge is -2.09. The Kier molecular flexibility index (Phi) is 5.48. The average Bonchev–Trinajstić information content (AvgIpc) is 3.20. The summed E-state index contributed by atoms with van der Waals surface area (Å²) in [7, 11) is 0. The first-order chi connectivity index (χ1) is 13.5. The van der Waals surface area contributed by atoms with Crippen LogP contribution in [-0.4, -0.2) is 25.5 Å². The molecule has 1 aromatic heterocycles. The standard InChI is InChI=1S/C17H12ClN7O3/c1-10-4-14(2-3-16(10)18)28-15-6-12(5-13(7-15)25(26)27)20-9-11(8-19)17-21-23-24-22-17/h2-7,9,20H,1H3,(H,21,22,23,24). The number of nitro groups is 1. The number of nitrogens with one attached hydrogen (secondary N) is 2. The maximum Gasteiger partial charge on any atom is 0.275 e. The van der Waals surface area contributed by atoms with Crippen LogP contribution in [-0.2, 0) is 0 Å². The van der Waals surface area contributed by atoms with Crippen molar-refractivity contribution in [1.29, 1.82) is 5.26 Å². The molecule has 0 atom stereocenters. The van der Waals surface area contributed by atoms with Gasteiger partial charge in [-0.1, -0.05) is 11.6 Å². The third kappa shape index (κ3) is 4.40. The lowest BCUT2D eigenvalue weighted by Crippen LogP contribution is -1.96. The molecule has 0 aliphatic carbocycles. The second-order valence-corrected chi connectivity index (χ2v) is 5.94. The van der Waals surface area contributed by atoms with Gasteiger partial charge in [-0.05, 0) is 35.9 Å². The van der Waals surface area contributed by atoms with E-state index in [1.807, 2.05) is 13.0 Å². The Morgan fingerprint density at radius 3 is 2.82 bits per heavy atom. The van der Waals surface area contributed by atoms with Gasteiger partial charge in [0, 0.05) is 29.0 Å². The van der Waals surface area contributed by atoms with E-state index in [-0.39, 0.29) is 22.8 Å². The largest absolute Gasteiger partial charge is 0.457 e. The van der Waals surface area contributed by atoms with E-state index in [0.29, 0.717) is 16.5 Å². The Bertz CT molecular complexity index is 1090. The van der Waals surface area contributed by atoms with Gasteiger partial charge >= 0.3 is 0 Å². The number of hydrogen-bond acceptors (Lipinski definition) is 8. The molecule has 11 heteroatoms. The normalized spacial score (nSPS) is 11.0. The molecule has 0 radical (unpaired) electrons. The number of benzene rings is 2. The quantitative estimate of drug-likeness (QED) is 0.362. The number of ether oxygens (including phenoxy) is 1. The summed E-state index contributed by atoms with van der Waals surface area (Å²) in [5.41, 5.74) is 1.06. The van der Waals surface area contributed by atoms with Gasteiger partial charge in [-0.15, -0.1) is 10.2 Å². The number of hydrogen-bond donors (Lipinski definition) is 2. The molecule has 3 aromatic rings. The fraction of sp³-hybridized carbons (Fsp3) is 0.0588. The molecule has 0 bridgehead atoms. The van der Waals surface area contributed by atoms with Gasteiger partial charge in [0.1, 0.15) is 23.1 Å². The summed E-state index contributed by atoms with van der Waals surface area (Å²) in [4.78, 5) is 10.7. The number of aromatic amines is 1. The fourth-order valence-corrected chi connectivity index (χ4v) is 2.34. The molecule has 0 saturated carbocycles. The fourth-order valence-electron chi connectivity index (χ4n) is 2.23. The van der Waals surface area contributed by atoms with Crippen molar-refractivity contribution in [3.05, 3.63) is 69.1 Å². The van der Waals surface area contributed by atoms with E-state index in [9.17, 15) is 15.4 Å². The molecular weight excluding hydrogens is 386 g/mol. The first kappa shape index (κ1) is 18.8. The second kappa shape index (κ2) is 8.15. The molecule has 0 aliphatic heterocycles. The van der Waals surface area contributed by atoms with E-state index in [4.69, 9.17) is 16.3 Å². The number of halogens is 1. The smallest absolute Gasteiger partial charge is 0.275 e. The van der Waals surface area contributed by atoms with Gasteiger partial charge in [0.15, 0.2) is 0 Å². The Labute approximate surface area is 163 Å². The van der Waals surface area contributed by atoms with Crippen LogP contribution in [0, 0.1) is 28.4 Å². The minimum Gasteiger partial charge on any atom is -0.457 e. The number of tetrazole rings is 1. The van der Waals surface area contributed by atoms with Gasteiger partial charge in [-0.2, -0.15) is 10.5 Å². The monoisotopic (exact) mass is 397 g/mol. The van der Waals surface area contributed by atoms with Crippen molar-refractivity contribution in [2.75, 3.05) is 5.32 Å². The summed E-state index contributed by atoms with van der Waals surface area (Å²) in [6.07, 6.45) is 1.32. The maximum absolute atomic E-state index is 11.2. The molecule has 0 amide bonds. The lowest BCUT2D eigenvalue weighted by atomic mass is 10.2. The highest BCUT2D eigenvalue weighted by Gasteiger charge is 2.12. The number of allylic oxidation sites excluding steroid dienone is 1. The summed E-state index contributed by atoms with van der Waals surface area (Å²) >= 11 is 6.00. The van der Waals surface area contributed by atoms with Crippen molar-refractivity contribution in [3.63, 3.8) is 0 Å². The van der Waals surface area contributed by atoms with Gasteiger partial charge in [-0.3, -0.25) is 10.1 Å². The molecule has 140 valence electrons. The SMILES string of the molecule is Cc1cc(Oc2cc(NC=C(C#N)c3nn[nH]n3)cc([N+](=O)[O-])c2)ccc1Cl. The van der Waals surface area contributed by atoms with Crippen LogP contribution in [0.3, 0.4) is 0 Å². The van der Waals surface area contributed by atoms with Gasteiger partial charge in [0.2, 0.25) is 5.82 Å². The van der Waals surface area contributed by atoms with E-state index in [1.54, 1.807) is 24.3 Å². The average molecular weight is 398 g/mol. The van der Waals surface area contributed by atoms with Crippen molar-refractivity contribution >= 4 is 28.5 Å². The predicted molar refractivity (Wildman–Crippen MR) is 101 cm³/mol. The number of nitrogens with zero attached hydrogens (tertiary/aromatic N) is 5. The van der Waals surface area contributed by atoms with Crippen molar-refractivity contribution in [2.45, 2.75) is 6.92 Å². The zero-order chi connectivity index (χ0) is 20.1. The second-order valence-electron chi connectivity index (χ2n) is 5.54. The van der Waals surface area contributed by atoms with Gasteiger partial charge in [-0.25, -0.2) is 0 Å². The van der Waals surface area contributed by atoms with E-state index >= 15 is 0 Å². The third-order valence-electron chi connectivity index (χ3n) is 3.56. The van der Waals surface area contributed by atoms with Crippen molar-refractivity contribution in [3.8, 4) is 17.6 Å². The molecule has 1 heterocycles. The van der Waals surface area contributed by atoms with E-state index in [1.165, 1.54) is 18.3 Å². The Hall–Kier alpha value is -3.97. The summed E-state index contributed by atoms with van der Waals surface area (Å²) in [5.74, 6) is 0.812. The van der Waals surface area contributed by atoms with Crippen LogP contribution in [0.15, 0.2) is 42.6 Å². The Morgan fingerprint density at radius 2 is 2.18 bits per heavy atom. The van der Waals surface area contributed by atoms with Crippen LogP contribution in [0.5, 0.6) is 11.5 Å². The van der Waals surface area contributed by atoms with Crippen LogP contribution in [0.25, 0.3) is 5.57 Å². The van der Waals surface area contributed by atoms with Crippen LogP contribution in [0.2, 0.25) is 5.02 Å². The molecule has 0 fully saturated rings.